The van der Waals surface area contributed by atoms with Crippen molar-refractivity contribution in [2.24, 2.45) is 0 Å². The second-order valence-corrected chi connectivity index (χ2v) is 7.96. The number of carbonyl (C=O) groups excluding carboxylic acids is 1. The van der Waals surface area contributed by atoms with Crippen molar-refractivity contribution in [3.8, 4) is 0 Å². The molecule has 0 radical (unpaired) electrons. The minimum Gasteiger partial charge on any atom is -0.324 e. The van der Waals surface area contributed by atoms with Crippen molar-refractivity contribution in [1.82, 2.24) is 0 Å². The molecule has 0 aromatic heterocycles. The monoisotopic (exact) mass is 391 g/mol. The highest BCUT2D eigenvalue weighted by atomic mass is 32.2. The smallest absolute Gasteiger partial charge is 0.271 e. The summed E-state index contributed by atoms with van der Waals surface area (Å²) in [6.45, 7) is 3.16. The molecule has 0 bridgehead atoms. The van der Waals surface area contributed by atoms with E-state index < -0.39 is 27.4 Å². The molecule has 2 aromatic carbocycles. The van der Waals surface area contributed by atoms with Gasteiger partial charge in [-0.15, -0.1) is 0 Å². The van der Waals surface area contributed by atoms with Gasteiger partial charge in [0.25, 0.3) is 5.69 Å². The fourth-order valence-electron chi connectivity index (χ4n) is 2.61. The number of amides is 1. The van der Waals surface area contributed by atoms with Crippen LogP contribution in [0.2, 0.25) is 0 Å². The Labute approximate surface area is 158 Å². The third-order valence-corrected chi connectivity index (χ3v) is 5.16. The van der Waals surface area contributed by atoms with E-state index in [9.17, 15) is 23.3 Å². The maximum Gasteiger partial charge on any atom is 0.271 e. The van der Waals surface area contributed by atoms with Gasteiger partial charge in [-0.25, -0.2) is 8.42 Å². The van der Waals surface area contributed by atoms with Crippen molar-refractivity contribution < 1.29 is 18.1 Å². The summed E-state index contributed by atoms with van der Waals surface area (Å²) in [4.78, 5) is 22.8. The SMILES string of the molecule is CCc1ccccc1N(CC(=O)Nc1cc([N+](=O)[O-])ccc1C)S(C)(=O)=O. The number of non-ortho nitro benzene ring substituents is 1. The van der Waals surface area contributed by atoms with Gasteiger partial charge in [0.05, 0.1) is 22.6 Å². The summed E-state index contributed by atoms with van der Waals surface area (Å²) in [7, 11) is -3.71. The maximum absolute atomic E-state index is 12.5. The lowest BCUT2D eigenvalue weighted by Crippen LogP contribution is -2.38. The Balaban J connectivity index is 2.31. The molecule has 0 atom stereocenters. The molecule has 1 N–H and O–H groups in total. The van der Waals surface area contributed by atoms with Crippen LogP contribution in [0.5, 0.6) is 0 Å². The Morgan fingerprint density at radius 1 is 1.22 bits per heavy atom. The predicted molar refractivity (Wildman–Crippen MR) is 104 cm³/mol. The van der Waals surface area contributed by atoms with Crippen LogP contribution in [-0.2, 0) is 21.2 Å². The normalized spacial score (nSPS) is 11.1. The van der Waals surface area contributed by atoms with Gasteiger partial charge in [0.15, 0.2) is 0 Å². The average Bonchev–Trinajstić information content (AvgIpc) is 2.60. The Morgan fingerprint density at radius 3 is 2.48 bits per heavy atom. The first-order valence-electron chi connectivity index (χ1n) is 8.24. The first-order valence-corrected chi connectivity index (χ1v) is 10.1. The molecule has 0 saturated heterocycles. The Morgan fingerprint density at radius 2 is 1.89 bits per heavy atom. The highest BCUT2D eigenvalue weighted by Gasteiger charge is 2.23. The molecule has 0 aliphatic carbocycles. The number of anilines is 2. The Hall–Kier alpha value is -2.94. The maximum atomic E-state index is 12.5. The van der Waals surface area contributed by atoms with Crippen molar-refractivity contribution in [3.63, 3.8) is 0 Å². The zero-order chi connectivity index (χ0) is 20.2. The molecule has 0 spiro atoms. The van der Waals surface area contributed by atoms with Crippen molar-refractivity contribution in [2.75, 3.05) is 22.4 Å². The first kappa shape index (κ1) is 20.4. The molecule has 144 valence electrons. The van der Waals surface area contributed by atoms with Gasteiger partial charge in [-0.1, -0.05) is 31.2 Å². The van der Waals surface area contributed by atoms with Crippen molar-refractivity contribution >= 4 is 33.0 Å². The lowest BCUT2D eigenvalue weighted by Gasteiger charge is -2.24. The van der Waals surface area contributed by atoms with E-state index in [2.05, 4.69) is 5.32 Å². The summed E-state index contributed by atoms with van der Waals surface area (Å²) in [5.74, 6) is -0.588. The lowest BCUT2D eigenvalue weighted by atomic mass is 10.1. The van der Waals surface area contributed by atoms with Crippen LogP contribution in [0.4, 0.5) is 17.1 Å². The van der Waals surface area contributed by atoms with Gasteiger partial charge < -0.3 is 5.32 Å². The predicted octanol–water partition coefficient (Wildman–Crippen LogP) is 2.87. The number of hydrogen-bond donors (Lipinski definition) is 1. The van der Waals surface area contributed by atoms with Crippen molar-refractivity contribution in [1.29, 1.82) is 0 Å². The quantitative estimate of drug-likeness (QED) is 0.576. The van der Waals surface area contributed by atoms with E-state index in [4.69, 9.17) is 0 Å². The fraction of sp³-hybridized carbons (Fsp3) is 0.278. The van der Waals surface area contributed by atoms with E-state index in [0.29, 0.717) is 17.7 Å². The summed E-state index contributed by atoms with van der Waals surface area (Å²) in [5, 5.41) is 13.5. The number of nitro groups is 1. The van der Waals surface area contributed by atoms with Crippen molar-refractivity contribution in [3.05, 3.63) is 63.7 Å². The fourth-order valence-corrected chi connectivity index (χ4v) is 3.50. The molecule has 0 aliphatic heterocycles. The Kier molecular flexibility index (Phi) is 6.17. The van der Waals surface area contributed by atoms with Gasteiger partial charge in [-0.3, -0.25) is 19.2 Å². The van der Waals surface area contributed by atoms with E-state index in [-0.39, 0.29) is 11.4 Å². The minimum absolute atomic E-state index is 0.160. The van der Waals surface area contributed by atoms with Crippen LogP contribution < -0.4 is 9.62 Å². The molecule has 0 aliphatic rings. The number of carbonyl (C=O) groups is 1. The van der Waals surface area contributed by atoms with Gasteiger partial charge in [-0.2, -0.15) is 0 Å². The van der Waals surface area contributed by atoms with Gasteiger partial charge in [0.2, 0.25) is 15.9 Å². The number of rotatable bonds is 7. The number of benzene rings is 2. The van der Waals surface area contributed by atoms with E-state index in [1.165, 1.54) is 18.2 Å². The third-order valence-electron chi connectivity index (χ3n) is 4.03. The van der Waals surface area contributed by atoms with Gasteiger partial charge in [0.1, 0.15) is 6.54 Å². The van der Waals surface area contributed by atoms with E-state index in [1.54, 1.807) is 31.2 Å². The number of para-hydroxylation sites is 1. The average molecular weight is 391 g/mol. The molecule has 9 heteroatoms. The number of nitro benzene ring substituents is 1. The molecule has 0 unspecified atom stereocenters. The summed E-state index contributed by atoms with van der Waals surface area (Å²) in [6, 6.07) is 11.1. The molecular formula is C18H21N3O5S. The second-order valence-electron chi connectivity index (χ2n) is 6.06. The lowest BCUT2D eigenvalue weighted by molar-refractivity contribution is -0.384. The standard InChI is InChI=1S/C18H21N3O5S/c1-4-14-7-5-6-8-17(14)20(27(3,25)26)12-18(22)19-16-11-15(21(23)24)10-9-13(16)2/h5-11H,4,12H2,1-3H3,(H,19,22). The molecule has 2 aromatic rings. The highest BCUT2D eigenvalue weighted by Crippen LogP contribution is 2.25. The van der Waals surface area contributed by atoms with Crippen LogP contribution >= 0.6 is 0 Å². The zero-order valence-electron chi connectivity index (χ0n) is 15.3. The third kappa shape index (κ3) is 5.04. The van der Waals surface area contributed by atoms with Crippen LogP contribution in [0.1, 0.15) is 18.1 Å². The molecule has 27 heavy (non-hydrogen) atoms. The number of nitrogens with one attached hydrogen (secondary N) is 1. The molecule has 0 saturated carbocycles. The van der Waals surface area contributed by atoms with E-state index in [1.807, 2.05) is 6.92 Å². The number of sulfonamides is 1. The van der Waals surface area contributed by atoms with Gasteiger partial charge in [0, 0.05) is 12.1 Å². The summed E-state index contributed by atoms with van der Waals surface area (Å²) in [5.41, 5.74) is 1.98. The molecular weight excluding hydrogens is 370 g/mol. The first-order chi connectivity index (χ1) is 12.6. The highest BCUT2D eigenvalue weighted by molar-refractivity contribution is 7.92. The molecule has 8 nitrogen and oxygen atoms in total. The summed E-state index contributed by atoms with van der Waals surface area (Å²) in [6.07, 6.45) is 1.64. The van der Waals surface area contributed by atoms with Crippen LogP contribution in [0.25, 0.3) is 0 Å². The van der Waals surface area contributed by atoms with Crippen LogP contribution in [-0.4, -0.2) is 32.0 Å². The van der Waals surface area contributed by atoms with Crippen molar-refractivity contribution in [2.45, 2.75) is 20.3 Å². The number of aryl methyl sites for hydroxylation is 2. The van der Waals surface area contributed by atoms with Crippen LogP contribution in [0.15, 0.2) is 42.5 Å². The Bertz CT molecular complexity index is 973. The van der Waals surface area contributed by atoms with E-state index in [0.717, 1.165) is 16.1 Å². The van der Waals surface area contributed by atoms with E-state index >= 15 is 0 Å². The topological polar surface area (TPSA) is 110 Å². The number of hydrogen-bond acceptors (Lipinski definition) is 5. The number of nitrogens with zero attached hydrogens (tertiary/aromatic N) is 2. The van der Waals surface area contributed by atoms with Crippen LogP contribution in [0.3, 0.4) is 0 Å². The van der Waals surface area contributed by atoms with Crippen LogP contribution in [0, 0.1) is 17.0 Å². The van der Waals surface area contributed by atoms with Gasteiger partial charge in [-0.05, 0) is 30.5 Å². The molecule has 0 heterocycles. The second kappa shape index (κ2) is 8.17. The zero-order valence-corrected chi connectivity index (χ0v) is 16.1. The minimum atomic E-state index is -3.71. The van der Waals surface area contributed by atoms with Gasteiger partial charge >= 0.3 is 0 Å². The largest absolute Gasteiger partial charge is 0.324 e. The molecule has 2 rings (SSSR count). The summed E-state index contributed by atoms with van der Waals surface area (Å²) >= 11 is 0. The molecule has 0 fully saturated rings. The summed E-state index contributed by atoms with van der Waals surface area (Å²) < 4.78 is 25.5. The molecule has 1 amide bonds.